The summed E-state index contributed by atoms with van der Waals surface area (Å²) in [6, 6.07) is 8.30. The molecule has 9 heteroatoms. The highest BCUT2D eigenvalue weighted by Crippen LogP contribution is 2.25. The molecule has 2 aliphatic rings. The van der Waals surface area contributed by atoms with Gasteiger partial charge < -0.3 is 10.2 Å². The van der Waals surface area contributed by atoms with Gasteiger partial charge in [0.05, 0.1) is 10.5 Å². The molecule has 0 aliphatic carbocycles. The molecule has 1 aromatic carbocycles. The first-order valence-electron chi connectivity index (χ1n) is 10.7. The molecule has 0 unspecified atom stereocenters. The van der Waals surface area contributed by atoms with E-state index >= 15 is 0 Å². The van der Waals surface area contributed by atoms with Crippen LogP contribution in [0.3, 0.4) is 0 Å². The Morgan fingerprint density at radius 3 is 2.35 bits per heavy atom. The molecule has 0 saturated carbocycles. The largest absolute Gasteiger partial charge is 0.349 e. The van der Waals surface area contributed by atoms with Crippen LogP contribution in [0.25, 0.3) is 0 Å². The molecule has 1 aromatic heterocycles. The Hall–Kier alpha value is -2.23. The van der Waals surface area contributed by atoms with E-state index in [0.29, 0.717) is 44.6 Å². The van der Waals surface area contributed by atoms with E-state index in [9.17, 15) is 18.0 Å². The van der Waals surface area contributed by atoms with Crippen LogP contribution in [0.2, 0.25) is 0 Å². The van der Waals surface area contributed by atoms with Crippen LogP contribution in [0, 0.1) is 0 Å². The van der Waals surface area contributed by atoms with Gasteiger partial charge >= 0.3 is 0 Å². The summed E-state index contributed by atoms with van der Waals surface area (Å²) in [5, 5.41) is 6.71. The highest BCUT2D eigenvalue weighted by atomic mass is 32.2. The van der Waals surface area contributed by atoms with Crippen molar-refractivity contribution in [3.8, 4) is 0 Å². The molecular formula is C22H27N3O4S2. The molecule has 0 atom stereocenters. The maximum atomic E-state index is 13.2. The molecule has 2 amide bonds. The fourth-order valence-electron chi connectivity index (χ4n) is 4.17. The van der Waals surface area contributed by atoms with Gasteiger partial charge in [0.15, 0.2) is 0 Å². The average Bonchev–Trinajstić information content (AvgIpc) is 3.35. The molecule has 0 radical (unpaired) electrons. The van der Waals surface area contributed by atoms with Crippen molar-refractivity contribution in [2.75, 3.05) is 26.2 Å². The number of benzene rings is 1. The summed E-state index contributed by atoms with van der Waals surface area (Å²) >= 11 is 1.48. The van der Waals surface area contributed by atoms with E-state index in [1.54, 1.807) is 29.2 Å². The Kier molecular flexibility index (Phi) is 6.74. The van der Waals surface area contributed by atoms with Crippen molar-refractivity contribution in [3.05, 3.63) is 52.2 Å². The third-order valence-electron chi connectivity index (χ3n) is 5.95. The van der Waals surface area contributed by atoms with E-state index in [4.69, 9.17) is 0 Å². The third kappa shape index (κ3) is 4.83. The average molecular weight is 462 g/mol. The summed E-state index contributed by atoms with van der Waals surface area (Å²) in [7, 11) is -3.70. The van der Waals surface area contributed by atoms with Crippen LogP contribution in [0.1, 0.15) is 52.8 Å². The lowest BCUT2D eigenvalue weighted by molar-refractivity contribution is 0.0694. The molecule has 0 bridgehead atoms. The van der Waals surface area contributed by atoms with Gasteiger partial charge in [-0.15, -0.1) is 0 Å². The van der Waals surface area contributed by atoms with Gasteiger partial charge in [-0.1, -0.05) is 18.6 Å². The monoisotopic (exact) mass is 461 g/mol. The van der Waals surface area contributed by atoms with Crippen molar-refractivity contribution in [2.45, 2.75) is 43.0 Å². The Bertz CT molecular complexity index is 1020. The van der Waals surface area contributed by atoms with Crippen molar-refractivity contribution in [2.24, 2.45) is 0 Å². The normalized spacial score (nSPS) is 18.6. The molecule has 2 fully saturated rings. The number of carbonyl (C=O) groups excluding carboxylic acids is 2. The Morgan fingerprint density at radius 1 is 0.968 bits per heavy atom. The van der Waals surface area contributed by atoms with Crippen LogP contribution in [0.15, 0.2) is 46.0 Å². The zero-order valence-corrected chi connectivity index (χ0v) is 19.0. The fraction of sp³-hybridized carbons (Fsp3) is 0.455. The summed E-state index contributed by atoms with van der Waals surface area (Å²) in [4.78, 5) is 27.3. The predicted molar refractivity (Wildman–Crippen MR) is 120 cm³/mol. The highest BCUT2D eigenvalue weighted by Gasteiger charge is 2.32. The minimum absolute atomic E-state index is 0.00350. The van der Waals surface area contributed by atoms with E-state index in [1.807, 2.05) is 10.8 Å². The second-order valence-electron chi connectivity index (χ2n) is 8.01. The van der Waals surface area contributed by atoms with Crippen LogP contribution >= 0.6 is 11.3 Å². The summed E-state index contributed by atoms with van der Waals surface area (Å²) in [6.07, 6.45) is 4.01. The van der Waals surface area contributed by atoms with Gasteiger partial charge in [0.25, 0.3) is 11.8 Å². The number of rotatable bonds is 5. The summed E-state index contributed by atoms with van der Waals surface area (Å²) in [5.74, 6) is -0.359. The Morgan fingerprint density at radius 2 is 1.68 bits per heavy atom. The van der Waals surface area contributed by atoms with Gasteiger partial charge in [-0.3, -0.25) is 9.59 Å². The number of hydrogen-bond acceptors (Lipinski definition) is 5. The molecule has 2 saturated heterocycles. The third-order valence-corrected chi connectivity index (χ3v) is 8.59. The van der Waals surface area contributed by atoms with E-state index < -0.39 is 10.0 Å². The highest BCUT2D eigenvalue weighted by molar-refractivity contribution is 7.89. The number of nitrogens with one attached hydrogen (secondary N) is 1. The lowest BCUT2D eigenvalue weighted by Crippen LogP contribution is -2.47. The van der Waals surface area contributed by atoms with Crippen molar-refractivity contribution in [1.82, 2.24) is 14.5 Å². The van der Waals surface area contributed by atoms with Crippen molar-refractivity contribution in [3.63, 3.8) is 0 Å². The molecule has 2 aliphatic heterocycles. The Balaban J connectivity index is 1.43. The van der Waals surface area contributed by atoms with Crippen LogP contribution in [0.4, 0.5) is 0 Å². The number of piperidine rings is 2. The molecule has 3 heterocycles. The van der Waals surface area contributed by atoms with Crippen LogP contribution in [-0.4, -0.2) is 61.7 Å². The Labute approximate surface area is 187 Å². The number of carbonyl (C=O) groups is 2. The maximum absolute atomic E-state index is 13.2. The molecule has 166 valence electrons. The lowest BCUT2D eigenvalue weighted by atomic mass is 10.0. The smallest absolute Gasteiger partial charge is 0.255 e. The molecule has 4 rings (SSSR count). The van der Waals surface area contributed by atoms with E-state index in [1.165, 1.54) is 21.7 Å². The number of nitrogens with zero attached hydrogens (tertiary/aromatic N) is 2. The fourth-order valence-corrected chi connectivity index (χ4v) is 6.51. The minimum Gasteiger partial charge on any atom is -0.349 e. The predicted octanol–water partition coefficient (Wildman–Crippen LogP) is 2.96. The maximum Gasteiger partial charge on any atom is 0.255 e. The first-order valence-corrected chi connectivity index (χ1v) is 13.1. The number of likely N-dealkylation sites (tertiary alicyclic amines) is 1. The van der Waals surface area contributed by atoms with Gasteiger partial charge in [0, 0.05) is 43.2 Å². The second kappa shape index (κ2) is 9.50. The van der Waals surface area contributed by atoms with Gasteiger partial charge in [0.1, 0.15) is 0 Å². The number of sulfonamides is 1. The van der Waals surface area contributed by atoms with Gasteiger partial charge in [-0.05, 0) is 49.3 Å². The molecule has 7 nitrogen and oxygen atoms in total. The molecule has 0 spiro atoms. The first kappa shape index (κ1) is 22.0. The van der Waals surface area contributed by atoms with Crippen LogP contribution < -0.4 is 5.32 Å². The number of thiophene rings is 1. The second-order valence-corrected chi connectivity index (χ2v) is 10.7. The molecular weight excluding hydrogens is 434 g/mol. The zero-order chi connectivity index (χ0) is 21.8. The lowest BCUT2D eigenvalue weighted by Gasteiger charge is -2.33. The number of amides is 2. The first-order chi connectivity index (χ1) is 15.0. The van der Waals surface area contributed by atoms with Gasteiger partial charge in [-0.2, -0.15) is 15.6 Å². The molecule has 2 aromatic rings. The molecule has 31 heavy (non-hydrogen) atoms. The molecule has 1 N–H and O–H groups in total. The van der Waals surface area contributed by atoms with Gasteiger partial charge in [-0.25, -0.2) is 8.42 Å². The minimum atomic E-state index is -3.70. The quantitative estimate of drug-likeness (QED) is 0.742. The van der Waals surface area contributed by atoms with Crippen molar-refractivity contribution in [1.29, 1.82) is 0 Å². The topological polar surface area (TPSA) is 86.8 Å². The van der Waals surface area contributed by atoms with E-state index in [-0.39, 0.29) is 28.3 Å². The van der Waals surface area contributed by atoms with Crippen molar-refractivity contribution < 1.29 is 18.0 Å². The van der Waals surface area contributed by atoms with E-state index in [2.05, 4.69) is 5.32 Å². The summed E-state index contributed by atoms with van der Waals surface area (Å²) < 4.78 is 27.9. The summed E-state index contributed by atoms with van der Waals surface area (Å²) in [5.41, 5.74) is 0.884. The number of hydrogen-bond donors (Lipinski definition) is 1. The summed E-state index contributed by atoms with van der Waals surface area (Å²) in [6.45, 7) is 1.96. The van der Waals surface area contributed by atoms with Crippen LogP contribution in [-0.2, 0) is 10.0 Å². The van der Waals surface area contributed by atoms with Gasteiger partial charge in [0.2, 0.25) is 10.0 Å². The zero-order valence-electron chi connectivity index (χ0n) is 17.3. The van der Waals surface area contributed by atoms with Crippen molar-refractivity contribution >= 4 is 33.2 Å². The van der Waals surface area contributed by atoms with E-state index in [0.717, 1.165) is 19.3 Å². The van der Waals surface area contributed by atoms with Crippen LogP contribution in [0.5, 0.6) is 0 Å². The standard InChI is InChI=1S/C22H27N3O4S2/c26-21(17-10-15-30-16-17)23-18-8-13-24(14-9-18)22(27)19-6-2-3-7-20(19)31(28,29)25-11-4-1-5-12-25/h2-3,6-7,10,15-16,18H,1,4-5,8-9,11-14H2,(H,23,26). The SMILES string of the molecule is O=C(NC1CCN(C(=O)c2ccccc2S(=O)(=O)N2CCCCC2)CC1)c1ccsc1.